The Morgan fingerprint density at radius 1 is 0.973 bits per heavy atom. The lowest BCUT2D eigenvalue weighted by Gasteiger charge is -2.31. The molecule has 1 unspecified atom stereocenters. The van der Waals surface area contributed by atoms with Crippen LogP contribution in [0.5, 0.6) is 0 Å². The lowest BCUT2D eigenvalue weighted by Crippen LogP contribution is -2.50. The lowest BCUT2D eigenvalue weighted by molar-refractivity contribution is -0.140. The quantitative estimate of drug-likeness (QED) is 0.341. The van der Waals surface area contributed by atoms with Crippen LogP contribution in [0.15, 0.2) is 48.5 Å². The molecule has 8 heteroatoms. The van der Waals surface area contributed by atoms with Gasteiger partial charge in [0.2, 0.25) is 21.8 Å². The second-order valence-electron chi connectivity index (χ2n) is 9.62. The first-order valence-electron chi connectivity index (χ1n) is 13.2. The average Bonchev–Trinajstić information content (AvgIpc) is 2.86. The fourth-order valence-corrected chi connectivity index (χ4v) is 5.39. The van der Waals surface area contributed by atoms with Gasteiger partial charge in [0.25, 0.3) is 0 Å². The Hall–Kier alpha value is -2.87. The van der Waals surface area contributed by atoms with E-state index in [0.29, 0.717) is 38.0 Å². The van der Waals surface area contributed by atoms with Gasteiger partial charge in [-0.3, -0.25) is 13.9 Å². The molecule has 0 aromatic heterocycles. The van der Waals surface area contributed by atoms with Crippen molar-refractivity contribution in [2.75, 3.05) is 30.2 Å². The van der Waals surface area contributed by atoms with E-state index in [9.17, 15) is 18.0 Å². The number of sulfonamides is 1. The van der Waals surface area contributed by atoms with Gasteiger partial charge in [-0.25, -0.2) is 8.42 Å². The number of unbranched alkanes of at least 4 members (excludes halogenated alkanes) is 1. The van der Waals surface area contributed by atoms with Crippen LogP contribution >= 0.6 is 0 Å². The minimum absolute atomic E-state index is 0.134. The largest absolute Gasteiger partial charge is 0.354 e. The van der Waals surface area contributed by atoms with Crippen molar-refractivity contribution in [3.63, 3.8) is 0 Å². The molecule has 2 rings (SSSR count). The minimum atomic E-state index is -3.52. The Kier molecular flexibility index (Phi) is 12.1. The van der Waals surface area contributed by atoms with Crippen molar-refractivity contribution >= 4 is 27.5 Å². The third-order valence-electron chi connectivity index (χ3n) is 6.49. The fraction of sp³-hybridized carbons (Fsp3) is 0.517. The number of carbonyl (C=O) groups is 2. The zero-order chi connectivity index (χ0) is 27.4. The number of aryl methyl sites for hydroxylation is 2. The highest BCUT2D eigenvalue weighted by Gasteiger charge is 2.28. The van der Waals surface area contributed by atoms with Crippen molar-refractivity contribution < 1.29 is 18.0 Å². The molecule has 0 bridgehead atoms. The molecule has 2 amide bonds. The van der Waals surface area contributed by atoms with Crippen molar-refractivity contribution in [1.29, 1.82) is 0 Å². The first kappa shape index (κ1) is 30.4. The van der Waals surface area contributed by atoms with Gasteiger partial charge >= 0.3 is 0 Å². The lowest BCUT2D eigenvalue weighted by atomic mass is 10.1. The summed E-state index contributed by atoms with van der Waals surface area (Å²) >= 11 is 0. The van der Waals surface area contributed by atoms with E-state index in [1.807, 2.05) is 69.3 Å². The molecule has 0 aliphatic rings. The summed E-state index contributed by atoms with van der Waals surface area (Å²) in [6, 6.07) is 15.1. The Morgan fingerprint density at radius 2 is 1.68 bits per heavy atom. The average molecular weight is 530 g/mol. The molecule has 0 saturated carbocycles. The number of nitrogens with zero attached hydrogens (tertiary/aromatic N) is 2. The minimum Gasteiger partial charge on any atom is -0.354 e. The van der Waals surface area contributed by atoms with E-state index in [4.69, 9.17) is 0 Å². The van der Waals surface area contributed by atoms with Crippen LogP contribution in [-0.4, -0.2) is 57.1 Å². The predicted molar refractivity (Wildman–Crippen MR) is 151 cm³/mol. The Bertz CT molecular complexity index is 1120. The Balaban J connectivity index is 2.17. The van der Waals surface area contributed by atoms with Crippen molar-refractivity contribution in [1.82, 2.24) is 10.2 Å². The van der Waals surface area contributed by atoms with Crippen molar-refractivity contribution in [2.45, 2.75) is 72.3 Å². The van der Waals surface area contributed by atoms with Gasteiger partial charge in [0.15, 0.2) is 0 Å². The third kappa shape index (κ3) is 9.50. The number of anilines is 1. The molecule has 0 heterocycles. The maximum atomic E-state index is 13.5. The monoisotopic (exact) mass is 529 g/mol. The topological polar surface area (TPSA) is 86.8 Å². The molecule has 2 aromatic rings. The number of carbonyl (C=O) groups excluding carboxylic acids is 2. The molecule has 7 nitrogen and oxygen atoms in total. The summed E-state index contributed by atoms with van der Waals surface area (Å²) in [6.45, 7) is 9.00. The van der Waals surface area contributed by atoms with Crippen LogP contribution in [0.1, 0.15) is 62.6 Å². The zero-order valence-electron chi connectivity index (χ0n) is 23.0. The van der Waals surface area contributed by atoms with Gasteiger partial charge in [-0.15, -0.1) is 0 Å². The summed E-state index contributed by atoms with van der Waals surface area (Å²) in [5.41, 5.74) is 3.57. The number of hydrogen-bond acceptors (Lipinski definition) is 4. The summed E-state index contributed by atoms with van der Waals surface area (Å²) < 4.78 is 26.6. The van der Waals surface area contributed by atoms with Gasteiger partial charge in [0.1, 0.15) is 6.04 Å². The first-order chi connectivity index (χ1) is 17.6. The summed E-state index contributed by atoms with van der Waals surface area (Å²) in [5.74, 6) is -0.270. The summed E-state index contributed by atoms with van der Waals surface area (Å²) in [5, 5.41) is 2.97. The zero-order valence-corrected chi connectivity index (χ0v) is 23.8. The van der Waals surface area contributed by atoms with Crippen molar-refractivity contribution in [3.8, 4) is 0 Å². The predicted octanol–water partition coefficient (Wildman–Crippen LogP) is 4.62. The van der Waals surface area contributed by atoms with E-state index >= 15 is 0 Å². The summed E-state index contributed by atoms with van der Waals surface area (Å²) in [4.78, 5) is 28.1. The van der Waals surface area contributed by atoms with Crippen LogP contribution in [0.25, 0.3) is 0 Å². The molecule has 1 N–H and O–H groups in total. The SMILES string of the molecule is CCCCNC(=O)C(CC)N(CCc1ccccc1)C(=O)CCCN(c1cc(C)ccc1C)S(C)(=O)=O. The van der Waals surface area contributed by atoms with Gasteiger partial charge in [0.05, 0.1) is 11.9 Å². The van der Waals surface area contributed by atoms with Gasteiger partial charge in [-0.1, -0.05) is 62.7 Å². The van der Waals surface area contributed by atoms with E-state index < -0.39 is 16.1 Å². The third-order valence-corrected chi connectivity index (χ3v) is 7.67. The van der Waals surface area contributed by atoms with Crippen LogP contribution in [-0.2, 0) is 26.0 Å². The molecule has 0 fully saturated rings. The van der Waals surface area contributed by atoms with Crippen LogP contribution in [0.4, 0.5) is 5.69 Å². The number of amides is 2. The van der Waals surface area contributed by atoms with Gasteiger partial charge in [-0.05, 0) is 62.3 Å². The molecule has 0 aliphatic carbocycles. The van der Waals surface area contributed by atoms with Gasteiger partial charge in [0, 0.05) is 26.1 Å². The summed E-state index contributed by atoms with van der Waals surface area (Å²) in [7, 11) is -3.52. The molecule has 0 radical (unpaired) electrons. The highest BCUT2D eigenvalue weighted by molar-refractivity contribution is 7.92. The number of nitrogens with one attached hydrogen (secondary N) is 1. The smallest absolute Gasteiger partial charge is 0.242 e. The first-order valence-corrected chi connectivity index (χ1v) is 15.1. The molecule has 2 aromatic carbocycles. The fourth-order valence-electron chi connectivity index (χ4n) is 4.37. The molecule has 204 valence electrons. The Labute approximate surface area is 223 Å². The van der Waals surface area contributed by atoms with E-state index in [0.717, 1.165) is 29.5 Å². The van der Waals surface area contributed by atoms with Crippen molar-refractivity contribution in [2.24, 2.45) is 0 Å². The second-order valence-corrected chi connectivity index (χ2v) is 11.5. The van der Waals surface area contributed by atoms with E-state index in [-0.39, 0.29) is 24.8 Å². The van der Waals surface area contributed by atoms with E-state index in [1.165, 1.54) is 10.6 Å². The van der Waals surface area contributed by atoms with Crippen LogP contribution in [0.3, 0.4) is 0 Å². The van der Waals surface area contributed by atoms with Crippen LogP contribution in [0.2, 0.25) is 0 Å². The van der Waals surface area contributed by atoms with Crippen molar-refractivity contribution in [3.05, 3.63) is 65.2 Å². The molecule has 37 heavy (non-hydrogen) atoms. The number of benzene rings is 2. The molecule has 1 atom stereocenters. The maximum absolute atomic E-state index is 13.5. The summed E-state index contributed by atoms with van der Waals surface area (Å²) in [6.07, 6.45) is 4.72. The van der Waals surface area contributed by atoms with E-state index in [2.05, 4.69) is 12.2 Å². The number of rotatable bonds is 15. The normalized spacial score (nSPS) is 12.1. The van der Waals surface area contributed by atoms with E-state index in [1.54, 1.807) is 4.90 Å². The maximum Gasteiger partial charge on any atom is 0.242 e. The standard InChI is InChI=1S/C29H43N3O4S/c1-6-8-19-30-29(34)26(7-2)31(21-18-25-13-10-9-11-14-25)28(33)15-12-20-32(37(5,35)36)27-22-23(3)16-17-24(27)4/h9-11,13-14,16-17,22,26H,6-8,12,15,18-21H2,1-5H3,(H,30,34). The highest BCUT2D eigenvalue weighted by atomic mass is 32.2. The molecular weight excluding hydrogens is 486 g/mol. The van der Waals surface area contributed by atoms with Gasteiger partial charge in [-0.2, -0.15) is 0 Å². The molecular formula is C29H43N3O4S. The van der Waals surface area contributed by atoms with Crippen LogP contribution < -0.4 is 9.62 Å². The molecule has 0 saturated heterocycles. The highest BCUT2D eigenvalue weighted by Crippen LogP contribution is 2.24. The second kappa shape index (κ2) is 14.8. The van der Waals surface area contributed by atoms with Crippen LogP contribution in [0, 0.1) is 13.8 Å². The Morgan fingerprint density at radius 3 is 2.30 bits per heavy atom. The molecule has 0 aliphatic heterocycles. The number of hydrogen-bond donors (Lipinski definition) is 1. The molecule has 0 spiro atoms. The van der Waals surface area contributed by atoms with Gasteiger partial charge < -0.3 is 10.2 Å².